The summed E-state index contributed by atoms with van der Waals surface area (Å²) < 4.78 is 4.85. The summed E-state index contributed by atoms with van der Waals surface area (Å²) in [5, 5.41) is 0. The van der Waals surface area contributed by atoms with Gasteiger partial charge in [0, 0.05) is 6.42 Å². The molecule has 0 bridgehead atoms. The molecule has 0 unspecified atom stereocenters. The van der Waals surface area contributed by atoms with E-state index >= 15 is 0 Å². The van der Waals surface area contributed by atoms with E-state index in [0.29, 0.717) is 0 Å². The van der Waals surface area contributed by atoms with Crippen molar-refractivity contribution in [3.05, 3.63) is 48.5 Å². The molecule has 2 rings (SSSR count). The number of aryl methyl sites for hydroxylation is 1. The number of para-hydroxylation sites is 1. The monoisotopic (exact) mass is 453 g/mol. The number of unbranched alkanes of at least 4 members (excludes halogenated alkanes) is 16. The maximum absolute atomic E-state index is 2.46. The molecule has 0 aliphatic carbocycles. The Morgan fingerprint density at radius 2 is 1.06 bits per heavy atom. The first-order chi connectivity index (χ1) is 16.4. The number of rotatable bonds is 21. The second-order valence-corrected chi connectivity index (χ2v) is 10.0. The molecule has 0 fully saturated rings. The van der Waals surface area contributed by atoms with E-state index in [1.54, 1.807) is 0 Å². The van der Waals surface area contributed by atoms with Crippen LogP contribution in [0.15, 0.2) is 42.7 Å². The molecule has 33 heavy (non-hydrogen) atoms. The third-order valence-corrected chi connectivity index (χ3v) is 7.01. The predicted octanol–water partition coefficient (Wildman–Crippen LogP) is 9.37. The molecule has 2 aromatic rings. The SMILES string of the molecule is CCCCCCCCCCCCCCCCCCCc1n(-c2ccccc2)cc[n+]1CCC. The van der Waals surface area contributed by atoms with Crippen molar-refractivity contribution in [2.24, 2.45) is 0 Å². The van der Waals surface area contributed by atoms with Gasteiger partial charge in [-0.25, -0.2) is 4.57 Å². The fourth-order valence-electron chi connectivity index (χ4n) is 5.00. The lowest BCUT2D eigenvalue weighted by Gasteiger charge is -2.06. The lowest BCUT2D eigenvalue weighted by molar-refractivity contribution is -0.703. The van der Waals surface area contributed by atoms with Gasteiger partial charge in [-0.2, -0.15) is 4.57 Å². The highest BCUT2D eigenvalue weighted by molar-refractivity contribution is 5.31. The van der Waals surface area contributed by atoms with E-state index in [-0.39, 0.29) is 0 Å². The van der Waals surface area contributed by atoms with Gasteiger partial charge in [0.2, 0.25) is 0 Å². The highest BCUT2D eigenvalue weighted by Crippen LogP contribution is 2.16. The van der Waals surface area contributed by atoms with E-state index in [2.05, 4.69) is 65.7 Å². The Hall–Kier alpha value is -1.57. The van der Waals surface area contributed by atoms with Crippen LogP contribution in [0.25, 0.3) is 5.69 Å². The molecule has 1 aromatic carbocycles. The Bertz CT molecular complexity index is 688. The summed E-state index contributed by atoms with van der Waals surface area (Å²) in [7, 11) is 0. The molecule has 1 aromatic heterocycles. The molecule has 0 amide bonds. The van der Waals surface area contributed by atoms with Crippen LogP contribution < -0.4 is 4.57 Å². The van der Waals surface area contributed by atoms with Gasteiger partial charge in [-0.05, 0) is 25.0 Å². The number of imidazole rings is 1. The van der Waals surface area contributed by atoms with Crippen LogP contribution in [-0.4, -0.2) is 4.57 Å². The molecule has 2 nitrogen and oxygen atoms in total. The Morgan fingerprint density at radius 3 is 1.55 bits per heavy atom. The van der Waals surface area contributed by atoms with Crippen molar-refractivity contribution in [2.45, 2.75) is 142 Å². The van der Waals surface area contributed by atoms with Crippen molar-refractivity contribution in [2.75, 3.05) is 0 Å². The minimum Gasteiger partial charge on any atom is -0.234 e. The lowest BCUT2D eigenvalue weighted by atomic mass is 10.0. The molecule has 0 N–H and O–H groups in total. The van der Waals surface area contributed by atoms with Crippen LogP contribution in [0.2, 0.25) is 0 Å². The summed E-state index contributed by atoms with van der Waals surface area (Å²) >= 11 is 0. The van der Waals surface area contributed by atoms with Crippen LogP contribution in [0.4, 0.5) is 0 Å². The first kappa shape index (κ1) is 27.7. The van der Waals surface area contributed by atoms with E-state index in [9.17, 15) is 0 Å². The van der Waals surface area contributed by atoms with Crippen LogP contribution in [0.1, 0.15) is 135 Å². The van der Waals surface area contributed by atoms with Gasteiger partial charge in [0.1, 0.15) is 18.1 Å². The molecule has 186 valence electrons. The minimum absolute atomic E-state index is 1.12. The van der Waals surface area contributed by atoms with Gasteiger partial charge in [-0.1, -0.05) is 135 Å². The van der Waals surface area contributed by atoms with Gasteiger partial charge in [0.15, 0.2) is 0 Å². The zero-order valence-corrected chi connectivity index (χ0v) is 22.1. The minimum atomic E-state index is 1.12. The van der Waals surface area contributed by atoms with Crippen molar-refractivity contribution >= 4 is 0 Å². The highest BCUT2D eigenvalue weighted by Gasteiger charge is 2.17. The molecular weight excluding hydrogens is 400 g/mol. The lowest BCUT2D eigenvalue weighted by Crippen LogP contribution is -2.36. The number of benzene rings is 1. The van der Waals surface area contributed by atoms with Crippen molar-refractivity contribution in [3.8, 4) is 5.69 Å². The quantitative estimate of drug-likeness (QED) is 0.131. The summed E-state index contributed by atoms with van der Waals surface area (Å²) in [4.78, 5) is 0. The zero-order valence-electron chi connectivity index (χ0n) is 22.1. The normalized spacial score (nSPS) is 11.3. The largest absolute Gasteiger partial charge is 0.261 e. The molecule has 0 spiro atoms. The second-order valence-electron chi connectivity index (χ2n) is 10.0. The fourth-order valence-corrected chi connectivity index (χ4v) is 5.00. The Labute approximate surface area is 205 Å². The second kappa shape index (κ2) is 18.8. The standard InChI is InChI=1S/C31H53N2/c1-3-5-6-7-8-9-10-11-12-13-14-15-16-17-18-19-23-26-31-32(27-4-2)28-29-33(31)30-24-21-20-22-25-30/h20-22,24-25,28-29H,3-19,23,26-27H2,1-2H3/q+1. The summed E-state index contributed by atoms with van der Waals surface area (Å²) in [5.41, 5.74) is 1.29. The zero-order chi connectivity index (χ0) is 23.4. The maximum Gasteiger partial charge on any atom is 0.261 e. The topological polar surface area (TPSA) is 8.81 Å². The number of aromatic nitrogens is 2. The molecular formula is C31H53N2+. The predicted molar refractivity (Wildman–Crippen MR) is 144 cm³/mol. The number of nitrogens with zero attached hydrogens (tertiary/aromatic N) is 2. The summed E-state index contributed by atoms with van der Waals surface area (Å²) in [5.74, 6) is 1.46. The average molecular weight is 454 g/mol. The average Bonchev–Trinajstić information content (AvgIpc) is 3.24. The third kappa shape index (κ3) is 11.9. The van der Waals surface area contributed by atoms with E-state index in [4.69, 9.17) is 0 Å². The molecule has 0 atom stereocenters. The maximum atomic E-state index is 2.46. The van der Waals surface area contributed by atoms with Crippen LogP contribution in [0.5, 0.6) is 0 Å². The smallest absolute Gasteiger partial charge is 0.234 e. The van der Waals surface area contributed by atoms with Gasteiger partial charge in [-0.3, -0.25) is 0 Å². The van der Waals surface area contributed by atoms with Gasteiger partial charge >= 0.3 is 0 Å². The van der Waals surface area contributed by atoms with E-state index in [1.807, 2.05) is 0 Å². The summed E-state index contributed by atoms with van der Waals surface area (Å²) in [6, 6.07) is 10.8. The van der Waals surface area contributed by atoms with Crippen molar-refractivity contribution in [1.29, 1.82) is 0 Å². The first-order valence-electron chi connectivity index (χ1n) is 14.5. The van der Waals surface area contributed by atoms with E-state index < -0.39 is 0 Å². The van der Waals surface area contributed by atoms with Gasteiger partial charge in [0.25, 0.3) is 5.82 Å². The fraction of sp³-hybridized carbons (Fsp3) is 0.710. The van der Waals surface area contributed by atoms with E-state index in [1.165, 1.54) is 134 Å². The van der Waals surface area contributed by atoms with Crippen LogP contribution >= 0.6 is 0 Å². The number of hydrogen-bond donors (Lipinski definition) is 0. The highest BCUT2D eigenvalue weighted by atomic mass is 15.1. The summed E-state index contributed by atoms with van der Waals surface area (Å²) in [6.07, 6.45) is 31.2. The molecule has 0 saturated carbocycles. The molecule has 0 saturated heterocycles. The Kier molecular flexibility index (Phi) is 15.8. The van der Waals surface area contributed by atoms with Crippen LogP contribution in [-0.2, 0) is 13.0 Å². The Balaban J connectivity index is 1.48. The van der Waals surface area contributed by atoms with Crippen LogP contribution in [0.3, 0.4) is 0 Å². The molecule has 0 aliphatic rings. The van der Waals surface area contributed by atoms with Crippen molar-refractivity contribution in [3.63, 3.8) is 0 Å². The molecule has 2 heteroatoms. The third-order valence-electron chi connectivity index (χ3n) is 7.01. The first-order valence-corrected chi connectivity index (χ1v) is 14.5. The summed E-state index contributed by atoms with van der Waals surface area (Å²) in [6.45, 7) is 5.69. The molecule has 0 radical (unpaired) electrons. The molecule has 0 aliphatic heterocycles. The van der Waals surface area contributed by atoms with Crippen molar-refractivity contribution in [1.82, 2.24) is 4.57 Å². The number of hydrogen-bond acceptors (Lipinski definition) is 0. The van der Waals surface area contributed by atoms with Crippen LogP contribution in [0, 0.1) is 0 Å². The van der Waals surface area contributed by atoms with Gasteiger partial charge in [0.05, 0.1) is 6.54 Å². The van der Waals surface area contributed by atoms with E-state index in [0.717, 1.165) is 6.54 Å². The van der Waals surface area contributed by atoms with Gasteiger partial charge < -0.3 is 0 Å². The Morgan fingerprint density at radius 1 is 0.576 bits per heavy atom. The molecule has 1 heterocycles. The van der Waals surface area contributed by atoms with Crippen molar-refractivity contribution < 1.29 is 4.57 Å². The van der Waals surface area contributed by atoms with Gasteiger partial charge in [-0.15, -0.1) is 0 Å².